The van der Waals surface area contributed by atoms with E-state index in [1.807, 2.05) is 29.4 Å². The number of pyridine rings is 1. The van der Waals surface area contributed by atoms with E-state index < -0.39 is 0 Å². The second-order valence-electron chi connectivity index (χ2n) is 10.1. The van der Waals surface area contributed by atoms with E-state index >= 15 is 0 Å². The van der Waals surface area contributed by atoms with Crippen molar-refractivity contribution in [2.24, 2.45) is 0 Å². The number of rotatable bonds is 7. The lowest BCUT2D eigenvalue weighted by Gasteiger charge is -2.32. The largest absolute Gasteiger partial charge is 0.337 e. The first-order valence-corrected chi connectivity index (χ1v) is 13.4. The van der Waals surface area contributed by atoms with Crippen LogP contribution in [0.2, 0.25) is 0 Å². The first-order valence-electron chi connectivity index (χ1n) is 13.4. The van der Waals surface area contributed by atoms with Crippen LogP contribution in [-0.4, -0.2) is 56.7 Å². The molecular weight excluding hydrogens is 458 g/mol. The Labute approximate surface area is 218 Å². The molecule has 2 aliphatic heterocycles. The Morgan fingerprint density at radius 3 is 2.14 bits per heavy atom. The molecule has 0 aliphatic carbocycles. The predicted molar refractivity (Wildman–Crippen MR) is 144 cm³/mol. The summed E-state index contributed by atoms with van der Waals surface area (Å²) in [5.41, 5.74) is 6.74. The SMILES string of the molecule is O=C(c1nn(Cc2ccncc2)c2c1CN(CC(c1ccccc1)c1ccccc1)CC2)N1CCCC1. The fraction of sp³-hybridized carbons (Fsp3) is 0.323. The average molecular weight is 492 g/mol. The quantitative estimate of drug-likeness (QED) is 0.374. The van der Waals surface area contributed by atoms with Gasteiger partial charge in [0, 0.05) is 68.7 Å². The molecule has 4 aromatic rings. The van der Waals surface area contributed by atoms with E-state index in [0.717, 1.165) is 63.1 Å². The van der Waals surface area contributed by atoms with Crippen molar-refractivity contribution in [3.05, 3.63) is 119 Å². The number of carbonyl (C=O) groups excluding carboxylic acids is 1. The minimum absolute atomic E-state index is 0.0896. The van der Waals surface area contributed by atoms with E-state index in [1.165, 1.54) is 16.8 Å². The molecule has 0 atom stereocenters. The van der Waals surface area contributed by atoms with Gasteiger partial charge in [0.25, 0.3) is 5.91 Å². The molecule has 1 fully saturated rings. The highest BCUT2D eigenvalue weighted by molar-refractivity contribution is 5.94. The fourth-order valence-corrected chi connectivity index (χ4v) is 5.77. The smallest absolute Gasteiger partial charge is 0.274 e. The van der Waals surface area contributed by atoms with E-state index in [4.69, 9.17) is 5.10 Å². The molecule has 4 heterocycles. The van der Waals surface area contributed by atoms with Gasteiger partial charge in [0.05, 0.1) is 6.54 Å². The Bertz CT molecular complexity index is 1290. The minimum atomic E-state index is 0.0896. The molecule has 6 nitrogen and oxygen atoms in total. The van der Waals surface area contributed by atoms with Gasteiger partial charge in [-0.15, -0.1) is 0 Å². The molecule has 2 aliphatic rings. The van der Waals surface area contributed by atoms with Crippen molar-refractivity contribution in [1.29, 1.82) is 0 Å². The van der Waals surface area contributed by atoms with Crippen LogP contribution in [0.25, 0.3) is 0 Å². The summed E-state index contributed by atoms with van der Waals surface area (Å²) in [6.45, 7) is 4.92. The van der Waals surface area contributed by atoms with E-state index in [1.54, 1.807) is 0 Å². The Morgan fingerprint density at radius 1 is 0.838 bits per heavy atom. The van der Waals surface area contributed by atoms with Gasteiger partial charge in [-0.05, 0) is 41.7 Å². The van der Waals surface area contributed by atoms with Crippen LogP contribution in [0.15, 0.2) is 85.2 Å². The number of nitrogens with zero attached hydrogens (tertiary/aromatic N) is 5. The summed E-state index contributed by atoms with van der Waals surface area (Å²) in [5.74, 6) is 0.361. The normalized spacial score (nSPS) is 15.8. The molecule has 0 unspecified atom stereocenters. The van der Waals surface area contributed by atoms with Crippen LogP contribution in [0.5, 0.6) is 0 Å². The van der Waals surface area contributed by atoms with Crippen LogP contribution in [0.3, 0.4) is 0 Å². The molecule has 1 saturated heterocycles. The number of carbonyl (C=O) groups is 1. The van der Waals surface area contributed by atoms with Crippen molar-refractivity contribution in [2.45, 2.75) is 38.3 Å². The number of aromatic nitrogens is 3. The van der Waals surface area contributed by atoms with Crippen LogP contribution >= 0.6 is 0 Å². The number of hydrogen-bond acceptors (Lipinski definition) is 4. The molecular formula is C31H33N5O. The summed E-state index contributed by atoms with van der Waals surface area (Å²) in [7, 11) is 0. The Hall–Kier alpha value is -3.77. The van der Waals surface area contributed by atoms with Crippen molar-refractivity contribution >= 4 is 5.91 Å². The molecule has 2 aromatic carbocycles. The van der Waals surface area contributed by atoms with Crippen molar-refractivity contribution in [3.8, 4) is 0 Å². The van der Waals surface area contributed by atoms with Crippen LogP contribution < -0.4 is 0 Å². The predicted octanol–water partition coefficient (Wildman–Crippen LogP) is 4.75. The Kier molecular flexibility index (Phi) is 6.82. The summed E-state index contributed by atoms with van der Waals surface area (Å²) < 4.78 is 2.07. The van der Waals surface area contributed by atoms with Gasteiger partial charge >= 0.3 is 0 Å². The van der Waals surface area contributed by atoms with E-state index in [9.17, 15) is 4.79 Å². The van der Waals surface area contributed by atoms with E-state index in [0.29, 0.717) is 12.2 Å². The molecule has 6 rings (SSSR count). The third-order valence-electron chi connectivity index (χ3n) is 7.74. The van der Waals surface area contributed by atoms with Gasteiger partial charge in [0.1, 0.15) is 0 Å². The Balaban J connectivity index is 1.31. The van der Waals surface area contributed by atoms with Gasteiger partial charge in [0.15, 0.2) is 5.69 Å². The van der Waals surface area contributed by atoms with Crippen LogP contribution in [0.1, 0.15) is 57.2 Å². The lowest BCUT2D eigenvalue weighted by molar-refractivity contribution is 0.0783. The van der Waals surface area contributed by atoms with Gasteiger partial charge < -0.3 is 4.90 Å². The summed E-state index contributed by atoms with van der Waals surface area (Å²) in [6, 6.07) is 25.6. The van der Waals surface area contributed by atoms with E-state index in [2.05, 4.69) is 75.2 Å². The fourth-order valence-electron chi connectivity index (χ4n) is 5.77. The highest BCUT2D eigenvalue weighted by Crippen LogP contribution is 2.30. The zero-order valence-corrected chi connectivity index (χ0v) is 21.2. The van der Waals surface area contributed by atoms with Gasteiger partial charge in [-0.2, -0.15) is 5.10 Å². The highest BCUT2D eigenvalue weighted by Gasteiger charge is 2.32. The van der Waals surface area contributed by atoms with Crippen LogP contribution in [-0.2, 0) is 19.5 Å². The van der Waals surface area contributed by atoms with Gasteiger partial charge in [0.2, 0.25) is 0 Å². The molecule has 0 N–H and O–H groups in total. The molecule has 0 spiro atoms. The first kappa shape index (κ1) is 23.6. The molecule has 0 radical (unpaired) electrons. The average Bonchev–Trinajstić information content (AvgIpc) is 3.62. The lowest BCUT2D eigenvalue weighted by Crippen LogP contribution is -2.36. The second-order valence-corrected chi connectivity index (χ2v) is 10.1. The maximum absolute atomic E-state index is 13.6. The number of benzene rings is 2. The van der Waals surface area contributed by atoms with Crippen molar-refractivity contribution < 1.29 is 4.79 Å². The minimum Gasteiger partial charge on any atom is -0.337 e. The van der Waals surface area contributed by atoms with Crippen LogP contribution in [0, 0.1) is 0 Å². The second kappa shape index (κ2) is 10.7. The first-order chi connectivity index (χ1) is 18.3. The third kappa shape index (κ3) is 5.07. The third-order valence-corrected chi connectivity index (χ3v) is 7.74. The standard InChI is InChI=1S/C31H33N5O/c37-31(35-18-7-8-19-35)30-28-23-34(20-15-29(28)36(33-30)21-24-13-16-32-17-14-24)22-27(25-9-3-1-4-10-25)26-11-5-2-6-12-26/h1-6,9-14,16-17,27H,7-8,15,18-23H2. The van der Waals surface area contributed by atoms with Crippen molar-refractivity contribution in [2.75, 3.05) is 26.2 Å². The van der Waals surface area contributed by atoms with Gasteiger partial charge in [-0.1, -0.05) is 60.7 Å². The van der Waals surface area contributed by atoms with Gasteiger partial charge in [-0.3, -0.25) is 19.4 Å². The molecule has 0 bridgehead atoms. The summed E-state index contributed by atoms with van der Waals surface area (Å²) in [6.07, 6.45) is 6.67. The zero-order chi connectivity index (χ0) is 25.0. The maximum Gasteiger partial charge on any atom is 0.274 e. The van der Waals surface area contributed by atoms with Crippen LogP contribution in [0.4, 0.5) is 0 Å². The van der Waals surface area contributed by atoms with E-state index in [-0.39, 0.29) is 11.8 Å². The summed E-state index contributed by atoms with van der Waals surface area (Å²) >= 11 is 0. The molecule has 6 heteroatoms. The topological polar surface area (TPSA) is 54.3 Å². The van der Waals surface area contributed by atoms with Crippen molar-refractivity contribution in [3.63, 3.8) is 0 Å². The van der Waals surface area contributed by atoms with Gasteiger partial charge in [-0.25, -0.2) is 0 Å². The molecule has 1 amide bonds. The zero-order valence-electron chi connectivity index (χ0n) is 21.2. The Morgan fingerprint density at radius 2 is 1.49 bits per heavy atom. The molecule has 188 valence electrons. The molecule has 2 aromatic heterocycles. The van der Waals surface area contributed by atoms with Crippen molar-refractivity contribution in [1.82, 2.24) is 24.6 Å². The number of fused-ring (bicyclic) bond motifs is 1. The number of hydrogen-bond donors (Lipinski definition) is 0. The monoisotopic (exact) mass is 491 g/mol. The summed E-state index contributed by atoms with van der Waals surface area (Å²) in [5, 5.41) is 4.94. The molecule has 37 heavy (non-hydrogen) atoms. The highest BCUT2D eigenvalue weighted by atomic mass is 16.2. The lowest BCUT2D eigenvalue weighted by atomic mass is 9.90. The maximum atomic E-state index is 13.6. The summed E-state index contributed by atoms with van der Waals surface area (Å²) in [4.78, 5) is 22.2. The number of amides is 1. The number of likely N-dealkylation sites (tertiary alicyclic amines) is 1. The molecule has 0 saturated carbocycles.